The van der Waals surface area contributed by atoms with Gasteiger partial charge in [0, 0.05) is 46.1 Å². The van der Waals surface area contributed by atoms with Crippen molar-refractivity contribution in [3.8, 4) is 0 Å². The molecule has 0 atom stereocenters. The molecule has 3 rings (SSSR count). The number of nitrogens with one attached hydrogen (secondary N) is 2. The number of halogens is 1. The Balaban J connectivity index is 1.86. The van der Waals surface area contributed by atoms with Gasteiger partial charge >= 0.3 is 0 Å². The van der Waals surface area contributed by atoms with Crippen LogP contribution >= 0.6 is 15.9 Å². The molecular weight excluding hydrogens is 430 g/mol. The maximum atomic E-state index is 13.0. The Hall–Kier alpha value is -2.08. The Morgan fingerprint density at radius 2 is 1.90 bits per heavy atom. The van der Waals surface area contributed by atoms with Crippen molar-refractivity contribution in [1.82, 2.24) is 10.3 Å². The van der Waals surface area contributed by atoms with E-state index in [0.29, 0.717) is 17.2 Å². The van der Waals surface area contributed by atoms with Gasteiger partial charge in [0.15, 0.2) is 0 Å². The van der Waals surface area contributed by atoms with E-state index in [2.05, 4.69) is 44.1 Å². The van der Waals surface area contributed by atoms with E-state index in [4.69, 9.17) is 0 Å². The van der Waals surface area contributed by atoms with Gasteiger partial charge in [0.05, 0.1) is 0 Å². The number of nitrogens with zero attached hydrogens (tertiary/aromatic N) is 1. The average Bonchev–Trinajstić information content (AvgIpc) is 3.18. The van der Waals surface area contributed by atoms with Crippen LogP contribution in [-0.4, -0.2) is 23.5 Å². The molecule has 1 amide bonds. The van der Waals surface area contributed by atoms with E-state index in [-0.39, 0.29) is 18.0 Å². The molecule has 6 heteroatoms. The largest absolute Gasteiger partial charge is 0.369 e. The molecule has 2 N–H and O–H groups in total. The molecule has 1 aromatic carbocycles. The molecule has 0 spiro atoms. The van der Waals surface area contributed by atoms with Crippen molar-refractivity contribution >= 4 is 27.5 Å². The lowest BCUT2D eigenvalue weighted by Crippen LogP contribution is -2.34. The lowest BCUT2D eigenvalue weighted by atomic mass is 10.0. The topological polar surface area (TPSA) is 65.2 Å². The van der Waals surface area contributed by atoms with Gasteiger partial charge < -0.3 is 15.2 Å². The SMILES string of the molecule is CCN(c1cc(Br)cc(C(=O)NCc2c(C)cc(C)[nH]c2=O)c1C)C1CCCC1. The predicted molar refractivity (Wildman–Crippen MR) is 122 cm³/mol. The van der Waals surface area contributed by atoms with E-state index in [0.717, 1.165) is 33.5 Å². The third kappa shape index (κ3) is 4.74. The molecule has 0 bridgehead atoms. The Labute approximate surface area is 181 Å². The summed E-state index contributed by atoms with van der Waals surface area (Å²) in [4.78, 5) is 30.5. The minimum Gasteiger partial charge on any atom is -0.369 e. The van der Waals surface area contributed by atoms with Crippen LogP contribution in [0.2, 0.25) is 0 Å². The summed E-state index contributed by atoms with van der Waals surface area (Å²) in [6.45, 7) is 9.06. The highest BCUT2D eigenvalue weighted by Crippen LogP contribution is 2.33. The van der Waals surface area contributed by atoms with Crippen LogP contribution in [-0.2, 0) is 6.54 Å². The average molecular weight is 460 g/mol. The minimum absolute atomic E-state index is 0.146. The van der Waals surface area contributed by atoms with Crippen LogP contribution in [0.15, 0.2) is 27.5 Å². The van der Waals surface area contributed by atoms with Gasteiger partial charge in [0.1, 0.15) is 0 Å². The number of carbonyl (C=O) groups is 1. The highest BCUT2D eigenvalue weighted by molar-refractivity contribution is 9.10. The van der Waals surface area contributed by atoms with Crippen LogP contribution in [0.5, 0.6) is 0 Å². The molecule has 1 aliphatic rings. The number of carbonyl (C=O) groups excluding carboxylic acids is 1. The second-order valence-corrected chi connectivity index (χ2v) is 8.86. The third-order valence-electron chi connectivity index (χ3n) is 5.92. The van der Waals surface area contributed by atoms with E-state index in [1.807, 2.05) is 32.9 Å². The number of benzene rings is 1. The first-order valence-electron chi connectivity index (χ1n) is 10.4. The molecule has 1 aromatic heterocycles. The number of amides is 1. The van der Waals surface area contributed by atoms with Crippen LogP contribution in [0.3, 0.4) is 0 Å². The summed E-state index contributed by atoms with van der Waals surface area (Å²) >= 11 is 3.59. The maximum absolute atomic E-state index is 13.0. The lowest BCUT2D eigenvalue weighted by molar-refractivity contribution is 0.0950. The molecule has 5 nitrogen and oxygen atoms in total. The second kappa shape index (κ2) is 9.16. The number of anilines is 1. The summed E-state index contributed by atoms with van der Waals surface area (Å²) in [5, 5.41) is 2.94. The zero-order valence-electron chi connectivity index (χ0n) is 17.7. The first kappa shape index (κ1) is 21.6. The first-order chi connectivity index (χ1) is 13.8. The number of aromatic amines is 1. The van der Waals surface area contributed by atoms with Crippen LogP contribution in [0, 0.1) is 20.8 Å². The van der Waals surface area contributed by atoms with Crippen molar-refractivity contribution in [2.24, 2.45) is 0 Å². The van der Waals surface area contributed by atoms with Gasteiger partial charge in [-0.1, -0.05) is 28.8 Å². The summed E-state index contributed by atoms with van der Waals surface area (Å²) in [6, 6.07) is 6.44. The molecule has 1 fully saturated rings. The van der Waals surface area contributed by atoms with E-state index >= 15 is 0 Å². The smallest absolute Gasteiger partial charge is 0.253 e. The van der Waals surface area contributed by atoms with Gasteiger partial charge in [-0.15, -0.1) is 0 Å². The molecule has 0 saturated heterocycles. The van der Waals surface area contributed by atoms with Crippen molar-refractivity contribution in [3.05, 3.63) is 61.0 Å². The highest BCUT2D eigenvalue weighted by Gasteiger charge is 2.25. The van der Waals surface area contributed by atoms with Crippen molar-refractivity contribution in [3.63, 3.8) is 0 Å². The summed E-state index contributed by atoms with van der Waals surface area (Å²) in [7, 11) is 0. The van der Waals surface area contributed by atoms with E-state index in [9.17, 15) is 9.59 Å². The van der Waals surface area contributed by atoms with Crippen LogP contribution < -0.4 is 15.8 Å². The van der Waals surface area contributed by atoms with Crippen LogP contribution in [0.1, 0.15) is 65.3 Å². The van der Waals surface area contributed by atoms with Gasteiger partial charge in [-0.2, -0.15) is 0 Å². The van der Waals surface area contributed by atoms with Gasteiger partial charge in [-0.25, -0.2) is 0 Å². The summed E-state index contributed by atoms with van der Waals surface area (Å²) in [5.74, 6) is -0.160. The molecule has 156 valence electrons. The van der Waals surface area contributed by atoms with Crippen molar-refractivity contribution in [2.75, 3.05) is 11.4 Å². The molecular formula is C23H30BrN3O2. The zero-order chi connectivity index (χ0) is 21.1. The normalized spacial score (nSPS) is 14.2. The zero-order valence-corrected chi connectivity index (χ0v) is 19.3. The van der Waals surface area contributed by atoms with Crippen molar-refractivity contribution < 1.29 is 4.79 Å². The quantitative estimate of drug-likeness (QED) is 0.653. The second-order valence-electron chi connectivity index (χ2n) is 7.95. The maximum Gasteiger partial charge on any atom is 0.253 e. The molecule has 29 heavy (non-hydrogen) atoms. The number of aryl methyl sites for hydroxylation is 2. The molecule has 0 aliphatic heterocycles. The molecule has 1 saturated carbocycles. The van der Waals surface area contributed by atoms with Gasteiger partial charge in [-0.3, -0.25) is 9.59 Å². The van der Waals surface area contributed by atoms with Gasteiger partial charge in [0.2, 0.25) is 0 Å². The number of pyridine rings is 1. The number of rotatable bonds is 6. The first-order valence-corrected chi connectivity index (χ1v) is 11.2. The Bertz CT molecular complexity index is 961. The Morgan fingerprint density at radius 1 is 1.21 bits per heavy atom. The number of hydrogen-bond donors (Lipinski definition) is 2. The molecule has 1 heterocycles. The fourth-order valence-electron chi connectivity index (χ4n) is 4.41. The monoisotopic (exact) mass is 459 g/mol. The number of H-pyrrole nitrogens is 1. The van der Waals surface area contributed by atoms with Gasteiger partial charge in [0.25, 0.3) is 11.5 Å². The number of hydrogen-bond acceptors (Lipinski definition) is 3. The molecule has 0 unspecified atom stereocenters. The van der Waals surface area contributed by atoms with Crippen molar-refractivity contribution in [1.29, 1.82) is 0 Å². The van der Waals surface area contributed by atoms with E-state index < -0.39 is 0 Å². The Kier molecular flexibility index (Phi) is 6.83. The highest BCUT2D eigenvalue weighted by atomic mass is 79.9. The van der Waals surface area contributed by atoms with Crippen LogP contribution in [0.4, 0.5) is 5.69 Å². The fourth-order valence-corrected chi connectivity index (χ4v) is 4.85. The molecule has 1 aliphatic carbocycles. The van der Waals surface area contributed by atoms with E-state index in [1.54, 1.807) is 0 Å². The van der Waals surface area contributed by atoms with Gasteiger partial charge in [-0.05, 0) is 69.9 Å². The lowest BCUT2D eigenvalue weighted by Gasteiger charge is -2.32. The number of aromatic nitrogens is 1. The summed E-state index contributed by atoms with van der Waals surface area (Å²) in [5.41, 5.74) is 4.90. The standard InChI is InChI=1S/C23H30BrN3O2/c1-5-27(18-8-6-7-9-18)21-12-17(24)11-19(16(21)4)22(28)25-13-20-14(2)10-15(3)26-23(20)29/h10-12,18H,5-9,13H2,1-4H3,(H,25,28)(H,26,29). The predicted octanol–water partition coefficient (Wildman–Crippen LogP) is 4.76. The minimum atomic E-state index is -0.160. The molecule has 0 radical (unpaired) electrons. The third-order valence-corrected chi connectivity index (χ3v) is 6.38. The summed E-state index contributed by atoms with van der Waals surface area (Å²) < 4.78 is 0.893. The van der Waals surface area contributed by atoms with E-state index in [1.165, 1.54) is 25.7 Å². The van der Waals surface area contributed by atoms with Crippen LogP contribution in [0.25, 0.3) is 0 Å². The van der Waals surface area contributed by atoms with Crippen molar-refractivity contribution in [2.45, 2.75) is 66.0 Å². The fraction of sp³-hybridized carbons (Fsp3) is 0.478. The Morgan fingerprint density at radius 3 is 2.52 bits per heavy atom. The summed E-state index contributed by atoms with van der Waals surface area (Å²) in [6.07, 6.45) is 4.95. The molecule has 2 aromatic rings.